The second-order valence-electron chi connectivity index (χ2n) is 13.1. The number of hydrogen-bond donors (Lipinski definition) is 1. The second kappa shape index (κ2) is 11.7. The Balaban J connectivity index is 0.894. The molecular formula is C36H36N8O4. The minimum Gasteiger partial charge on any atom is -0.388 e. The number of aromatic amines is 1. The van der Waals surface area contributed by atoms with E-state index in [-0.39, 0.29) is 11.8 Å². The second-order valence-corrected chi connectivity index (χ2v) is 13.1. The molecule has 2 aromatic carbocycles. The summed E-state index contributed by atoms with van der Waals surface area (Å²) in [6.07, 6.45) is 6.18. The van der Waals surface area contributed by atoms with Gasteiger partial charge in [0.15, 0.2) is 0 Å². The summed E-state index contributed by atoms with van der Waals surface area (Å²) in [5, 5.41) is 12.8. The van der Waals surface area contributed by atoms with E-state index in [0.29, 0.717) is 38.6 Å². The van der Waals surface area contributed by atoms with Crippen LogP contribution < -0.4 is 10.7 Å². The summed E-state index contributed by atoms with van der Waals surface area (Å²) < 4.78 is 6.35. The third-order valence-corrected chi connectivity index (χ3v) is 10.1. The van der Waals surface area contributed by atoms with Crippen LogP contribution >= 0.6 is 0 Å². The molecule has 0 aliphatic carbocycles. The smallest absolute Gasteiger partial charge is 0.388 e. The number of carbonyl (C=O) groups excluding carboxylic acids is 2. The molecule has 1 spiro atoms. The lowest BCUT2D eigenvalue weighted by Gasteiger charge is -2.29. The molecule has 48 heavy (non-hydrogen) atoms. The highest BCUT2D eigenvalue weighted by Crippen LogP contribution is 2.43. The van der Waals surface area contributed by atoms with E-state index in [0.717, 1.165) is 70.5 Å². The quantitative estimate of drug-likeness (QED) is 0.293. The summed E-state index contributed by atoms with van der Waals surface area (Å²) in [7, 11) is 1.55. The Kier molecular flexibility index (Phi) is 7.32. The van der Waals surface area contributed by atoms with E-state index in [9.17, 15) is 14.4 Å². The fourth-order valence-electron chi connectivity index (χ4n) is 7.36. The Morgan fingerprint density at radius 3 is 2.54 bits per heavy atom. The molecule has 0 saturated carbocycles. The summed E-state index contributed by atoms with van der Waals surface area (Å²) >= 11 is 0. The van der Waals surface area contributed by atoms with Gasteiger partial charge in [0.05, 0.1) is 17.5 Å². The van der Waals surface area contributed by atoms with Gasteiger partial charge in [-0.05, 0) is 86.3 Å². The minimum atomic E-state index is -0.496. The van der Waals surface area contributed by atoms with Gasteiger partial charge in [0.25, 0.3) is 0 Å². The van der Waals surface area contributed by atoms with Crippen LogP contribution in [0.1, 0.15) is 30.5 Å². The lowest BCUT2D eigenvalue weighted by molar-refractivity contribution is -0.132. The number of anilines is 1. The number of likely N-dealkylation sites (tertiary alicyclic amines) is 1. The number of H-pyrrole nitrogens is 1. The zero-order chi connectivity index (χ0) is 33.0. The number of benzene rings is 2. The minimum absolute atomic E-state index is 0.0921. The number of hydrogen-bond acceptors (Lipinski definition) is 8. The number of nitrogens with zero attached hydrogens (tertiary/aromatic N) is 7. The maximum Gasteiger partial charge on any atom is 0.437 e. The first-order chi connectivity index (χ1) is 23.3. The number of aromatic nitrogens is 5. The molecule has 0 unspecified atom stereocenters. The van der Waals surface area contributed by atoms with Crippen LogP contribution in [0.3, 0.4) is 0 Å². The molecule has 12 heteroatoms. The molecule has 2 amide bonds. The van der Waals surface area contributed by atoms with Crippen LogP contribution in [-0.2, 0) is 16.6 Å². The summed E-state index contributed by atoms with van der Waals surface area (Å²) in [6, 6.07) is 17.8. The first-order valence-electron chi connectivity index (χ1n) is 16.3. The van der Waals surface area contributed by atoms with Crippen LogP contribution in [0.25, 0.3) is 39.2 Å². The average Bonchev–Trinajstić information content (AvgIpc) is 3.87. The number of pyridine rings is 1. The van der Waals surface area contributed by atoms with Crippen LogP contribution in [0.4, 0.5) is 5.69 Å². The maximum atomic E-state index is 14.0. The zero-order valence-corrected chi connectivity index (χ0v) is 27.0. The normalized spacial score (nSPS) is 20.0. The third kappa shape index (κ3) is 5.31. The van der Waals surface area contributed by atoms with Gasteiger partial charge in [0.1, 0.15) is 5.69 Å². The van der Waals surface area contributed by atoms with Crippen molar-refractivity contribution in [2.24, 2.45) is 12.5 Å². The summed E-state index contributed by atoms with van der Waals surface area (Å²) in [5.74, 6) is 0.0305. The van der Waals surface area contributed by atoms with Crippen LogP contribution in [0.5, 0.6) is 0 Å². The Bertz CT molecular complexity index is 2140. The summed E-state index contributed by atoms with van der Waals surface area (Å²) in [4.78, 5) is 49.2. The van der Waals surface area contributed by atoms with Crippen LogP contribution in [0.2, 0.25) is 0 Å². The molecule has 12 nitrogen and oxygen atoms in total. The van der Waals surface area contributed by atoms with Gasteiger partial charge in [-0.15, -0.1) is 5.10 Å². The van der Waals surface area contributed by atoms with Crippen LogP contribution in [0.15, 0.2) is 76.1 Å². The Morgan fingerprint density at radius 2 is 1.79 bits per heavy atom. The predicted molar refractivity (Wildman–Crippen MR) is 181 cm³/mol. The van der Waals surface area contributed by atoms with Crippen molar-refractivity contribution in [3.63, 3.8) is 0 Å². The monoisotopic (exact) mass is 644 g/mol. The van der Waals surface area contributed by atoms with Crippen molar-refractivity contribution in [3.05, 3.63) is 88.7 Å². The number of nitrogens with one attached hydrogen (secondary N) is 1. The number of rotatable bonds is 6. The molecule has 6 heterocycles. The molecular weight excluding hydrogens is 608 g/mol. The van der Waals surface area contributed by atoms with E-state index in [1.807, 2.05) is 65.3 Å². The van der Waals surface area contributed by atoms with Gasteiger partial charge >= 0.3 is 5.76 Å². The van der Waals surface area contributed by atoms with Gasteiger partial charge in [0, 0.05) is 67.3 Å². The van der Waals surface area contributed by atoms with E-state index < -0.39 is 11.2 Å². The number of amides is 2. The molecule has 244 valence electrons. The number of fused-ring (bicyclic) bond motifs is 1. The van der Waals surface area contributed by atoms with E-state index in [1.165, 1.54) is 10.3 Å². The van der Waals surface area contributed by atoms with Crippen molar-refractivity contribution in [2.45, 2.75) is 26.2 Å². The molecule has 5 aromatic rings. The molecule has 3 aliphatic rings. The van der Waals surface area contributed by atoms with E-state index in [1.54, 1.807) is 13.2 Å². The first-order valence-corrected chi connectivity index (χ1v) is 16.3. The van der Waals surface area contributed by atoms with Gasteiger partial charge in [0.2, 0.25) is 17.7 Å². The fraction of sp³-hybridized carbons (Fsp3) is 0.333. The van der Waals surface area contributed by atoms with E-state index in [4.69, 9.17) is 4.42 Å². The predicted octanol–water partition coefficient (Wildman–Crippen LogP) is 4.03. The van der Waals surface area contributed by atoms with Crippen molar-refractivity contribution in [3.8, 4) is 22.7 Å². The fourth-order valence-corrected chi connectivity index (χ4v) is 7.36. The molecule has 0 radical (unpaired) electrons. The molecule has 2 saturated heterocycles. The molecule has 1 atom stereocenters. The van der Waals surface area contributed by atoms with Crippen molar-refractivity contribution in [1.29, 1.82) is 0 Å². The molecule has 3 aliphatic heterocycles. The third-order valence-electron chi connectivity index (χ3n) is 10.1. The lowest BCUT2D eigenvalue weighted by atomic mass is 9.85. The van der Waals surface area contributed by atoms with E-state index >= 15 is 0 Å². The SMILES string of the molecule is Cc1cc(-c2n[nH]c3ccc(N4CC[C@]5(CCN(CC(=O)N6CC=C(c7ccc(-c8nn(C)c(=O)o8)cc7)CC6)C5)C4=O)cc23)ccn1. The van der Waals surface area contributed by atoms with Gasteiger partial charge in [-0.3, -0.25) is 24.6 Å². The molecule has 8 rings (SSSR count). The molecule has 1 N–H and O–H groups in total. The Hall–Kier alpha value is -5.36. The van der Waals surface area contributed by atoms with Gasteiger partial charge in [-0.25, -0.2) is 4.79 Å². The Morgan fingerprint density at radius 1 is 0.979 bits per heavy atom. The summed E-state index contributed by atoms with van der Waals surface area (Å²) in [5.41, 5.74) is 7.08. The highest BCUT2D eigenvalue weighted by atomic mass is 16.4. The van der Waals surface area contributed by atoms with Crippen molar-refractivity contribution < 1.29 is 14.0 Å². The van der Waals surface area contributed by atoms with Crippen LogP contribution in [-0.4, -0.2) is 85.8 Å². The largest absolute Gasteiger partial charge is 0.437 e. The standard InChI is InChI=1S/C36H36N8O4/c1-23-19-27(9-14-37-23)32-29-20-28(7-8-30(29)38-39-32)44-18-13-36(34(44)46)12-17-42(22-36)21-31(45)43-15-10-25(11-16-43)24-3-5-26(6-4-24)33-40-41(2)35(47)48-33/h3-10,14,19-20H,11-13,15-18,21-22H2,1-2H3,(H,38,39)/t36-/m0/s1. The topological polar surface area (TPSA) is 133 Å². The van der Waals surface area contributed by atoms with Crippen LogP contribution in [0, 0.1) is 12.3 Å². The molecule has 3 aromatic heterocycles. The van der Waals surface area contributed by atoms with Crippen molar-refractivity contribution in [2.75, 3.05) is 44.2 Å². The molecule has 2 fully saturated rings. The maximum absolute atomic E-state index is 14.0. The van der Waals surface area contributed by atoms with Gasteiger partial charge in [-0.1, -0.05) is 18.2 Å². The van der Waals surface area contributed by atoms with Crippen molar-refractivity contribution >= 4 is 34.0 Å². The Labute approximate surface area is 276 Å². The first kappa shape index (κ1) is 30.0. The summed E-state index contributed by atoms with van der Waals surface area (Å²) in [6.45, 7) is 5.46. The van der Waals surface area contributed by atoms with Gasteiger partial charge < -0.3 is 14.2 Å². The number of carbonyl (C=O) groups is 2. The highest BCUT2D eigenvalue weighted by Gasteiger charge is 2.51. The number of aryl methyl sites for hydroxylation is 2. The molecule has 0 bridgehead atoms. The average molecular weight is 645 g/mol. The zero-order valence-electron chi connectivity index (χ0n) is 27.0. The lowest BCUT2D eigenvalue weighted by Crippen LogP contribution is -2.43. The van der Waals surface area contributed by atoms with E-state index in [2.05, 4.69) is 37.3 Å². The highest BCUT2D eigenvalue weighted by molar-refractivity contribution is 6.03. The van der Waals surface area contributed by atoms with Crippen molar-refractivity contribution in [1.82, 2.24) is 34.8 Å². The van der Waals surface area contributed by atoms with Gasteiger partial charge in [-0.2, -0.15) is 9.78 Å².